The number of rotatable bonds is 5. The summed E-state index contributed by atoms with van der Waals surface area (Å²) in [7, 11) is 0. The van der Waals surface area contributed by atoms with Crippen LogP contribution in [0.1, 0.15) is 42.2 Å². The lowest BCUT2D eigenvalue weighted by Crippen LogP contribution is -2.35. The lowest BCUT2D eigenvalue weighted by atomic mass is 9.98. The number of aromatic nitrogens is 4. The van der Waals surface area contributed by atoms with E-state index in [9.17, 15) is 5.11 Å². The first kappa shape index (κ1) is 16.9. The largest absolute Gasteiger partial charge is 0.396 e. The second-order valence-electron chi connectivity index (χ2n) is 7.66. The minimum Gasteiger partial charge on any atom is -0.396 e. The van der Waals surface area contributed by atoms with Crippen molar-refractivity contribution in [1.29, 1.82) is 0 Å². The summed E-state index contributed by atoms with van der Waals surface area (Å²) in [6, 6.07) is 4.22. The van der Waals surface area contributed by atoms with Crippen LogP contribution in [0.25, 0.3) is 10.2 Å². The highest BCUT2D eigenvalue weighted by atomic mass is 32.1. The van der Waals surface area contributed by atoms with E-state index in [0.29, 0.717) is 11.8 Å². The van der Waals surface area contributed by atoms with Gasteiger partial charge < -0.3 is 15.3 Å². The van der Waals surface area contributed by atoms with Crippen molar-refractivity contribution in [3.05, 3.63) is 22.7 Å². The summed E-state index contributed by atoms with van der Waals surface area (Å²) >= 11 is 1.71. The number of aryl methyl sites for hydroxylation is 1. The van der Waals surface area contributed by atoms with Crippen LogP contribution in [-0.4, -0.2) is 45.0 Å². The van der Waals surface area contributed by atoms with E-state index in [-0.39, 0.29) is 6.61 Å². The van der Waals surface area contributed by atoms with E-state index in [0.717, 1.165) is 53.7 Å². The van der Waals surface area contributed by atoms with Crippen LogP contribution in [-0.2, 0) is 0 Å². The molecule has 3 aromatic rings. The smallest absolute Gasteiger partial charge is 0.227 e. The van der Waals surface area contributed by atoms with Gasteiger partial charge in [0.15, 0.2) is 11.6 Å². The molecule has 2 aliphatic rings. The van der Waals surface area contributed by atoms with Gasteiger partial charge in [-0.1, -0.05) is 0 Å². The number of fused-ring (bicyclic) bond motifs is 1. The quantitative estimate of drug-likeness (QED) is 0.623. The maximum absolute atomic E-state index is 9.38. The second-order valence-corrected chi connectivity index (χ2v) is 8.92. The molecule has 7 nitrogen and oxygen atoms in total. The van der Waals surface area contributed by atoms with Gasteiger partial charge in [-0.15, -0.1) is 11.3 Å². The lowest BCUT2D eigenvalue weighted by Gasteiger charge is -2.31. The molecule has 0 amide bonds. The number of aromatic amines is 1. The molecule has 0 aromatic carbocycles. The topological polar surface area (TPSA) is 90.0 Å². The zero-order valence-electron chi connectivity index (χ0n) is 15.4. The van der Waals surface area contributed by atoms with Crippen molar-refractivity contribution < 1.29 is 5.11 Å². The maximum Gasteiger partial charge on any atom is 0.227 e. The number of hydrogen-bond donors (Lipinski definition) is 3. The van der Waals surface area contributed by atoms with Gasteiger partial charge in [0.2, 0.25) is 5.95 Å². The summed E-state index contributed by atoms with van der Waals surface area (Å²) < 4.78 is 1.07. The van der Waals surface area contributed by atoms with Crippen LogP contribution in [0.4, 0.5) is 17.6 Å². The van der Waals surface area contributed by atoms with Crippen LogP contribution in [0.5, 0.6) is 0 Å². The predicted octanol–water partition coefficient (Wildman–Crippen LogP) is 3.55. The average molecular weight is 385 g/mol. The number of aliphatic hydroxyl groups excluding tert-OH is 1. The van der Waals surface area contributed by atoms with Gasteiger partial charge in [0.25, 0.3) is 0 Å². The summed E-state index contributed by atoms with van der Waals surface area (Å²) in [5, 5.41) is 20.4. The van der Waals surface area contributed by atoms with Gasteiger partial charge in [0.1, 0.15) is 0 Å². The molecule has 1 aliphatic heterocycles. The van der Waals surface area contributed by atoms with E-state index in [1.54, 1.807) is 11.3 Å². The highest BCUT2D eigenvalue weighted by Gasteiger charge is 2.26. The molecule has 0 radical (unpaired) electrons. The van der Waals surface area contributed by atoms with Crippen LogP contribution in [0.15, 0.2) is 12.1 Å². The fourth-order valence-electron chi connectivity index (χ4n) is 3.70. The molecule has 0 unspecified atom stereocenters. The summed E-state index contributed by atoms with van der Waals surface area (Å²) in [4.78, 5) is 13.1. The van der Waals surface area contributed by atoms with Crippen molar-refractivity contribution in [3.8, 4) is 0 Å². The number of anilines is 3. The van der Waals surface area contributed by atoms with Crippen molar-refractivity contribution in [1.82, 2.24) is 20.2 Å². The van der Waals surface area contributed by atoms with Crippen LogP contribution < -0.4 is 10.2 Å². The Morgan fingerprint density at radius 2 is 2.04 bits per heavy atom. The van der Waals surface area contributed by atoms with E-state index in [4.69, 9.17) is 9.97 Å². The molecule has 0 spiro atoms. The van der Waals surface area contributed by atoms with Crippen LogP contribution in [0.3, 0.4) is 0 Å². The SMILES string of the molecule is Cc1cc2nc(N3CCC(CO)CC3)nc(Nc3cc(C4CC4)[nH]n3)c2s1. The first-order valence-corrected chi connectivity index (χ1v) is 10.5. The molecule has 3 aromatic heterocycles. The average Bonchev–Trinajstić information content (AvgIpc) is 3.31. The third kappa shape index (κ3) is 3.39. The lowest BCUT2D eigenvalue weighted by molar-refractivity contribution is 0.202. The molecule has 5 rings (SSSR count). The number of piperidine rings is 1. The minimum atomic E-state index is 0.271. The molecule has 3 N–H and O–H groups in total. The predicted molar refractivity (Wildman–Crippen MR) is 108 cm³/mol. The van der Waals surface area contributed by atoms with Gasteiger partial charge in [-0.2, -0.15) is 10.1 Å². The van der Waals surface area contributed by atoms with E-state index < -0.39 is 0 Å². The molecule has 1 saturated heterocycles. The molecule has 2 fully saturated rings. The normalized spacial score (nSPS) is 18.4. The number of H-pyrrole nitrogens is 1. The van der Waals surface area contributed by atoms with Crippen LogP contribution in [0.2, 0.25) is 0 Å². The van der Waals surface area contributed by atoms with Gasteiger partial charge in [-0.3, -0.25) is 5.10 Å². The Kier molecular flexibility index (Phi) is 4.24. The maximum atomic E-state index is 9.38. The van der Waals surface area contributed by atoms with Gasteiger partial charge in [-0.25, -0.2) is 4.98 Å². The number of nitrogens with one attached hydrogen (secondary N) is 2. The molecular weight excluding hydrogens is 360 g/mol. The Balaban J connectivity index is 1.46. The molecule has 27 heavy (non-hydrogen) atoms. The molecular formula is C19H24N6OS. The zero-order valence-corrected chi connectivity index (χ0v) is 16.2. The van der Waals surface area contributed by atoms with Crippen molar-refractivity contribution in [3.63, 3.8) is 0 Å². The molecule has 1 aliphatic carbocycles. The summed E-state index contributed by atoms with van der Waals surface area (Å²) in [5.74, 6) is 3.44. The number of thiophene rings is 1. The van der Waals surface area contributed by atoms with Crippen molar-refractivity contribution >= 4 is 39.1 Å². The number of aliphatic hydroxyl groups is 1. The molecule has 8 heteroatoms. The Morgan fingerprint density at radius 1 is 1.22 bits per heavy atom. The summed E-state index contributed by atoms with van der Waals surface area (Å²) in [5.41, 5.74) is 2.18. The summed E-state index contributed by atoms with van der Waals surface area (Å²) in [6.07, 6.45) is 4.45. The van der Waals surface area contributed by atoms with Crippen molar-refractivity contribution in [2.24, 2.45) is 5.92 Å². The Morgan fingerprint density at radius 3 is 2.78 bits per heavy atom. The number of nitrogens with zero attached hydrogens (tertiary/aromatic N) is 4. The zero-order chi connectivity index (χ0) is 18.4. The van der Waals surface area contributed by atoms with E-state index in [1.807, 2.05) is 0 Å². The Hall–Kier alpha value is -2.19. The van der Waals surface area contributed by atoms with Crippen LogP contribution >= 0.6 is 11.3 Å². The third-order valence-electron chi connectivity index (χ3n) is 5.50. The Labute approximate surface area is 161 Å². The third-order valence-corrected chi connectivity index (χ3v) is 6.55. The highest BCUT2D eigenvalue weighted by Crippen LogP contribution is 2.40. The molecule has 0 bridgehead atoms. The molecule has 4 heterocycles. The van der Waals surface area contributed by atoms with Crippen molar-refractivity contribution in [2.75, 3.05) is 29.9 Å². The van der Waals surface area contributed by atoms with Gasteiger partial charge in [0, 0.05) is 42.3 Å². The van der Waals surface area contributed by atoms with E-state index in [2.05, 4.69) is 39.5 Å². The second kappa shape index (κ2) is 6.76. The van der Waals surface area contributed by atoms with Gasteiger partial charge >= 0.3 is 0 Å². The monoisotopic (exact) mass is 384 g/mol. The number of hydrogen-bond acceptors (Lipinski definition) is 7. The summed E-state index contributed by atoms with van der Waals surface area (Å²) in [6.45, 7) is 4.14. The fourth-order valence-corrected chi connectivity index (χ4v) is 4.60. The van der Waals surface area contributed by atoms with E-state index in [1.165, 1.54) is 23.4 Å². The highest BCUT2D eigenvalue weighted by molar-refractivity contribution is 7.19. The van der Waals surface area contributed by atoms with Crippen molar-refractivity contribution in [2.45, 2.75) is 38.5 Å². The molecule has 0 atom stereocenters. The fraction of sp³-hybridized carbons (Fsp3) is 0.526. The molecule has 1 saturated carbocycles. The minimum absolute atomic E-state index is 0.271. The molecule has 142 valence electrons. The van der Waals surface area contributed by atoms with Crippen LogP contribution in [0, 0.1) is 12.8 Å². The Bertz CT molecular complexity index is 954. The van der Waals surface area contributed by atoms with Gasteiger partial charge in [-0.05, 0) is 44.6 Å². The standard InChI is InChI=1S/C19H24N6OS/c1-11-8-15-17(27-11)18(21-16-9-14(23-24-16)13-2-3-13)22-19(20-15)25-6-4-12(10-26)5-7-25/h8-9,12-13,26H,2-7,10H2,1H3,(H2,20,21,22,23,24). The first-order chi connectivity index (χ1) is 13.2. The van der Waals surface area contributed by atoms with Gasteiger partial charge in [0.05, 0.1) is 10.2 Å². The first-order valence-electron chi connectivity index (χ1n) is 9.66. The van der Waals surface area contributed by atoms with E-state index >= 15 is 0 Å².